The van der Waals surface area contributed by atoms with Crippen molar-refractivity contribution >= 4 is 5.91 Å². The molecule has 2 unspecified atom stereocenters. The second-order valence-corrected chi connectivity index (χ2v) is 6.48. The maximum absolute atomic E-state index is 12.7. The van der Waals surface area contributed by atoms with Gasteiger partial charge in [0.2, 0.25) is 5.91 Å². The Morgan fingerprint density at radius 3 is 2.15 bits per heavy atom. The molecule has 2 aromatic carbocycles. The molecule has 0 spiro atoms. The lowest BCUT2D eigenvalue weighted by atomic mass is 10.1. The number of halogens is 6. The van der Waals surface area contributed by atoms with E-state index in [4.69, 9.17) is 0 Å². The van der Waals surface area contributed by atoms with Crippen LogP contribution in [0.4, 0.5) is 26.3 Å². The average molecular weight is 387 g/mol. The molecule has 3 rings (SSSR count). The highest BCUT2D eigenvalue weighted by Crippen LogP contribution is 2.48. The summed E-state index contributed by atoms with van der Waals surface area (Å²) >= 11 is 0. The van der Waals surface area contributed by atoms with E-state index in [1.54, 1.807) is 0 Å². The fraction of sp³-hybridized carbons (Fsp3) is 0.316. The summed E-state index contributed by atoms with van der Waals surface area (Å²) in [5, 5.41) is 2.59. The van der Waals surface area contributed by atoms with Gasteiger partial charge in [-0.25, -0.2) is 0 Å². The van der Waals surface area contributed by atoms with Gasteiger partial charge in [0, 0.05) is 12.5 Å². The molecule has 144 valence electrons. The molecule has 1 amide bonds. The summed E-state index contributed by atoms with van der Waals surface area (Å²) in [6, 6.07) is 9.34. The Balaban J connectivity index is 1.56. The van der Waals surface area contributed by atoms with E-state index in [-0.39, 0.29) is 24.3 Å². The maximum Gasteiger partial charge on any atom is 0.416 e. The molecular formula is C19H15F6NO. The quantitative estimate of drug-likeness (QED) is 0.723. The second-order valence-electron chi connectivity index (χ2n) is 6.48. The predicted molar refractivity (Wildman–Crippen MR) is 85.6 cm³/mol. The van der Waals surface area contributed by atoms with Gasteiger partial charge >= 0.3 is 12.4 Å². The van der Waals surface area contributed by atoms with E-state index in [1.165, 1.54) is 24.3 Å². The molecule has 2 aromatic rings. The molecule has 8 heteroatoms. The van der Waals surface area contributed by atoms with E-state index in [0.717, 1.165) is 24.3 Å². The summed E-state index contributed by atoms with van der Waals surface area (Å²) < 4.78 is 75.8. The minimum atomic E-state index is -4.45. The molecule has 2 atom stereocenters. The molecule has 0 radical (unpaired) electrons. The standard InChI is InChI=1S/C19H15F6NO/c20-18(21,22)13-6-4-12(5-7-13)15-9-16(15)17(27)26-10-11-2-1-3-14(8-11)19(23,24)25/h1-8,15-16H,9-10H2,(H,26,27). The monoisotopic (exact) mass is 387 g/mol. The molecule has 0 heterocycles. The van der Waals surface area contributed by atoms with Gasteiger partial charge in [-0.1, -0.05) is 24.3 Å². The van der Waals surface area contributed by atoms with Crippen LogP contribution in [0.2, 0.25) is 0 Å². The Hall–Kier alpha value is -2.51. The van der Waals surface area contributed by atoms with Crippen molar-refractivity contribution in [3.05, 3.63) is 70.8 Å². The van der Waals surface area contributed by atoms with Crippen molar-refractivity contribution in [1.82, 2.24) is 5.32 Å². The number of amides is 1. The van der Waals surface area contributed by atoms with Crippen LogP contribution < -0.4 is 5.32 Å². The fourth-order valence-corrected chi connectivity index (χ4v) is 2.95. The lowest BCUT2D eigenvalue weighted by Crippen LogP contribution is -2.25. The summed E-state index contributed by atoms with van der Waals surface area (Å²) in [4.78, 5) is 12.2. The first kappa shape index (κ1) is 19.3. The summed E-state index contributed by atoms with van der Waals surface area (Å²) in [5.41, 5.74) is -0.576. The number of hydrogen-bond acceptors (Lipinski definition) is 1. The van der Waals surface area contributed by atoms with E-state index in [0.29, 0.717) is 17.5 Å². The van der Waals surface area contributed by atoms with Crippen molar-refractivity contribution in [2.24, 2.45) is 5.92 Å². The van der Waals surface area contributed by atoms with Crippen molar-refractivity contribution in [2.75, 3.05) is 0 Å². The molecular weight excluding hydrogens is 372 g/mol. The Morgan fingerprint density at radius 2 is 1.56 bits per heavy atom. The Bertz CT molecular complexity index is 825. The van der Waals surface area contributed by atoms with Crippen molar-refractivity contribution in [1.29, 1.82) is 0 Å². The molecule has 1 fully saturated rings. The van der Waals surface area contributed by atoms with E-state index < -0.39 is 23.5 Å². The van der Waals surface area contributed by atoms with Crippen LogP contribution >= 0.6 is 0 Å². The van der Waals surface area contributed by atoms with Gasteiger partial charge in [0.25, 0.3) is 0 Å². The van der Waals surface area contributed by atoms with E-state index in [1.807, 2.05) is 0 Å². The predicted octanol–water partition coefficient (Wildman–Crippen LogP) is 5.14. The zero-order valence-electron chi connectivity index (χ0n) is 13.9. The minimum absolute atomic E-state index is 0.0427. The normalized spacial score (nSPS) is 19.6. The van der Waals surface area contributed by atoms with Crippen LogP contribution in [0.25, 0.3) is 0 Å². The van der Waals surface area contributed by atoms with Gasteiger partial charge in [0.1, 0.15) is 0 Å². The van der Waals surface area contributed by atoms with E-state index >= 15 is 0 Å². The lowest BCUT2D eigenvalue weighted by Gasteiger charge is -2.10. The molecule has 0 saturated heterocycles. The number of rotatable bonds is 4. The number of hydrogen-bond donors (Lipinski definition) is 1. The topological polar surface area (TPSA) is 29.1 Å². The van der Waals surface area contributed by atoms with Gasteiger partial charge < -0.3 is 5.32 Å². The fourth-order valence-electron chi connectivity index (χ4n) is 2.95. The zero-order valence-corrected chi connectivity index (χ0v) is 13.9. The van der Waals surface area contributed by atoms with Gasteiger partial charge in [0.15, 0.2) is 0 Å². The molecule has 0 aliphatic heterocycles. The molecule has 27 heavy (non-hydrogen) atoms. The lowest BCUT2D eigenvalue weighted by molar-refractivity contribution is -0.138. The van der Waals surface area contributed by atoms with Crippen LogP contribution in [0.3, 0.4) is 0 Å². The number of benzene rings is 2. The van der Waals surface area contributed by atoms with Gasteiger partial charge in [-0.15, -0.1) is 0 Å². The number of alkyl halides is 6. The number of carbonyl (C=O) groups excluding carboxylic acids is 1. The van der Waals surface area contributed by atoms with Crippen LogP contribution in [-0.2, 0) is 23.7 Å². The van der Waals surface area contributed by atoms with Gasteiger partial charge in [-0.3, -0.25) is 4.79 Å². The highest BCUT2D eigenvalue weighted by Gasteiger charge is 2.44. The summed E-state index contributed by atoms with van der Waals surface area (Å²) in [6.07, 6.45) is -8.37. The third-order valence-electron chi connectivity index (χ3n) is 4.51. The SMILES string of the molecule is O=C(NCc1cccc(C(F)(F)F)c1)C1CC1c1ccc(C(F)(F)F)cc1. The number of nitrogens with one attached hydrogen (secondary N) is 1. The first-order chi connectivity index (χ1) is 12.6. The molecule has 0 bridgehead atoms. The Kier molecular flexibility index (Phi) is 4.92. The molecule has 1 N–H and O–H groups in total. The summed E-state index contributed by atoms with van der Waals surface area (Å²) in [5.74, 6) is -0.876. The van der Waals surface area contributed by atoms with Crippen molar-refractivity contribution in [3.63, 3.8) is 0 Å². The third-order valence-corrected chi connectivity index (χ3v) is 4.51. The van der Waals surface area contributed by atoms with Crippen LogP contribution in [0, 0.1) is 5.92 Å². The summed E-state index contributed by atoms with van der Waals surface area (Å²) in [7, 11) is 0. The number of carbonyl (C=O) groups is 1. The first-order valence-electron chi connectivity index (χ1n) is 8.17. The Morgan fingerprint density at radius 1 is 0.926 bits per heavy atom. The Labute approximate surface area is 151 Å². The average Bonchev–Trinajstić information content (AvgIpc) is 3.39. The van der Waals surface area contributed by atoms with Crippen molar-refractivity contribution < 1.29 is 31.1 Å². The molecule has 1 aliphatic rings. The molecule has 2 nitrogen and oxygen atoms in total. The van der Waals surface area contributed by atoms with Gasteiger partial charge in [-0.2, -0.15) is 26.3 Å². The maximum atomic E-state index is 12.7. The van der Waals surface area contributed by atoms with Crippen molar-refractivity contribution in [3.8, 4) is 0 Å². The highest BCUT2D eigenvalue weighted by atomic mass is 19.4. The molecule has 1 saturated carbocycles. The van der Waals surface area contributed by atoms with Crippen molar-refractivity contribution in [2.45, 2.75) is 31.2 Å². The van der Waals surface area contributed by atoms with Crippen LogP contribution in [0.1, 0.15) is 34.6 Å². The van der Waals surface area contributed by atoms with E-state index in [9.17, 15) is 31.1 Å². The highest BCUT2D eigenvalue weighted by molar-refractivity contribution is 5.82. The smallest absolute Gasteiger partial charge is 0.352 e. The third kappa shape index (κ3) is 4.61. The minimum Gasteiger partial charge on any atom is -0.352 e. The summed E-state index contributed by atoms with van der Waals surface area (Å²) in [6.45, 7) is -0.0427. The largest absolute Gasteiger partial charge is 0.416 e. The molecule has 1 aliphatic carbocycles. The second kappa shape index (κ2) is 6.90. The van der Waals surface area contributed by atoms with Gasteiger partial charge in [0.05, 0.1) is 11.1 Å². The zero-order chi connectivity index (χ0) is 19.8. The van der Waals surface area contributed by atoms with E-state index in [2.05, 4.69) is 5.32 Å². The van der Waals surface area contributed by atoms with Crippen LogP contribution in [-0.4, -0.2) is 5.91 Å². The van der Waals surface area contributed by atoms with Crippen LogP contribution in [0.5, 0.6) is 0 Å². The van der Waals surface area contributed by atoms with Crippen LogP contribution in [0.15, 0.2) is 48.5 Å². The first-order valence-corrected chi connectivity index (χ1v) is 8.17. The van der Waals surface area contributed by atoms with Gasteiger partial charge in [-0.05, 0) is 47.7 Å². The molecule has 0 aromatic heterocycles.